The first kappa shape index (κ1) is 26.5. The molecule has 0 bridgehead atoms. The van der Waals surface area contributed by atoms with Gasteiger partial charge in [0, 0.05) is 44.7 Å². The number of nitrogens with zero attached hydrogens (tertiary/aromatic N) is 3. The van der Waals surface area contributed by atoms with Crippen molar-refractivity contribution < 1.29 is 19.1 Å². The lowest BCUT2D eigenvalue weighted by atomic mass is 9.85. The summed E-state index contributed by atoms with van der Waals surface area (Å²) in [4.78, 5) is 44.8. The second-order valence-electron chi connectivity index (χ2n) is 9.61. The van der Waals surface area contributed by atoms with Gasteiger partial charge in [0.1, 0.15) is 12.1 Å². The summed E-state index contributed by atoms with van der Waals surface area (Å²) in [6.07, 6.45) is 2.61. The van der Waals surface area contributed by atoms with E-state index < -0.39 is 5.54 Å². The van der Waals surface area contributed by atoms with E-state index in [9.17, 15) is 14.4 Å². The number of urea groups is 1. The van der Waals surface area contributed by atoms with E-state index in [2.05, 4.69) is 22.5 Å². The zero-order valence-corrected chi connectivity index (χ0v) is 21.7. The summed E-state index contributed by atoms with van der Waals surface area (Å²) in [6.45, 7) is 4.40. The number of likely N-dealkylation sites (tertiary alicyclic amines) is 1. The monoisotopic (exact) mass is 507 g/mol. The van der Waals surface area contributed by atoms with E-state index in [-0.39, 0.29) is 24.4 Å². The van der Waals surface area contributed by atoms with Gasteiger partial charge in [-0.3, -0.25) is 9.59 Å². The Kier molecular flexibility index (Phi) is 8.66. The molecule has 0 unspecified atom stereocenters. The molecule has 2 fully saturated rings. The molecule has 2 N–H and O–H groups in total. The SMILES string of the molecule is CCc1cccc(NC(=O)N2CCC3(CC2)C(=O)N(CC(=O)NCCCOC)CN3c2ccccc2)c1. The highest BCUT2D eigenvalue weighted by Crippen LogP contribution is 2.39. The van der Waals surface area contributed by atoms with Gasteiger partial charge in [-0.1, -0.05) is 37.3 Å². The minimum Gasteiger partial charge on any atom is -0.385 e. The molecule has 0 aromatic heterocycles. The molecule has 37 heavy (non-hydrogen) atoms. The molecule has 2 aromatic carbocycles. The number of hydrogen-bond donors (Lipinski definition) is 2. The van der Waals surface area contributed by atoms with Gasteiger partial charge in [0.25, 0.3) is 5.91 Å². The number of carbonyl (C=O) groups is 3. The van der Waals surface area contributed by atoms with Crippen LogP contribution in [0.2, 0.25) is 0 Å². The summed E-state index contributed by atoms with van der Waals surface area (Å²) in [5, 5.41) is 5.87. The van der Waals surface area contributed by atoms with Gasteiger partial charge in [0.15, 0.2) is 0 Å². The Balaban J connectivity index is 1.44. The molecule has 198 valence electrons. The average molecular weight is 508 g/mol. The summed E-state index contributed by atoms with van der Waals surface area (Å²) < 4.78 is 5.03. The molecule has 0 atom stereocenters. The normalized spacial score (nSPS) is 16.8. The minimum atomic E-state index is -0.781. The lowest BCUT2D eigenvalue weighted by Crippen LogP contribution is -2.58. The highest BCUT2D eigenvalue weighted by Gasteiger charge is 2.54. The molecule has 4 amide bonds. The molecule has 0 radical (unpaired) electrons. The second-order valence-corrected chi connectivity index (χ2v) is 9.61. The summed E-state index contributed by atoms with van der Waals surface area (Å²) in [5.74, 6) is -0.236. The predicted octanol–water partition coefficient (Wildman–Crippen LogP) is 3.07. The first-order chi connectivity index (χ1) is 18.0. The van der Waals surface area contributed by atoms with Crippen molar-refractivity contribution in [2.24, 2.45) is 0 Å². The molecule has 9 heteroatoms. The van der Waals surface area contributed by atoms with Gasteiger partial charge in [0.2, 0.25) is 5.91 Å². The Bertz CT molecular complexity index is 1080. The van der Waals surface area contributed by atoms with Crippen LogP contribution in [0.5, 0.6) is 0 Å². The summed E-state index contributed by atoms with van der Waals surface area (Å²) >= 11 is 0. The van der Waals surface area contributed by atoms with Crippen molar-refractivity contribution in [2.45, 2.75) is 38.1 Å². The number of para-hydroxylation sites is 1. The highest BCUT2D eigenvalue weighted by atomic mass is 16.5. The Morgan fingerprint density at radius 1 is 1.05 bits per heavy atom. The van der Waals surface area contributed by atoms with Crippen LogP contribution in [0.15, 0.2) is 54.6 Å². The quantitative estimate of drug-likeness (QED) is 0.509. The predicted molar refractivity (Wildman–Crippen MR) is 143 cm³/mol. The number of nitrogens with one attached hydrogen (secondary N) is 2. The van der Waals surface area contributed by atoms with Crippen LogP contribution in [0, 0.1) is 0 Å². The van der Waals surface area contributed by atoms with Crippen LogP contribution in [-0.2, 0) is 20.7 Å². The Morgan fingerprint density at radius 2 is 1.81 bits per heavy atom. The minimum absolute atomic E-state index is 0.00880. The Morgan fingerprint density at radius 3 is 2.51 bits per heavy atom. The molecule has 1 spiro atoms. The number of rotatable bonds is 9. The fourth-order valence-corrected chi connectivity index (χ4v) is 5.15. The molecule has 2 heterocycles. The standard InChI is InChI=1S/C28H37N5O4/c1-3-22-9-7-10-23(19-22)30-27(36)31-16-13-28(14-17-31)26(35)32(20-25(34)29-15-8-18-37-2)21-33(28)24-11-5-4-6-12-24/h4-7,9-12,19H,3,8,13-18,20-21H2,1-2H3,(H,29,34)(H,30,36). The summed E-state index contributed by atoms with van der Waals surface area (Å²) in [7, 11) is 1.63. The van der Waals surface area contributed by atoms with E-state index in [1.165, 1.54) is 0 Å². The molecule has 2 aliphatic heterocycles. The lowest BCUT2D eigenvalue weighted by molar-refractivity contribution is -0.137. The molecule has 2 aliphatic rings. The van der Waals surface area contributed by atoms with Crippen molar-refractivity contribution in [3.05, 3.63) is 60.2 Å². The molecular formula is C28H37N5O4. The number of amides is 4. The van der Waals surface area contributed by atoms with E-state index in [1.807, 2.05) is 54.6 Å². The molecule has 0 aliphatic carbocycles. The van der Waals surface area contributed by atoms with Crippen molar-refractivity contribution >= 4 is 29.2 Å². The molecule has 2 saturated heterocycles. The number of ether oxygens (including phenoxy) is 1. The number of anilines is 2. The molecular weight excluding hydrogens is 470 g/mol. The maximum absolute atomic E-state index is 13.8. The van der Waals surface area contributed by atoms with E-state index in [1.54, 1.807) is 16.9 Å². The topological polar surface area (TPSA) is 94.2 Å². The van der Waals surface area contributed by atoms with Crippen LogP contribution in [-0.4, -0.2) is 79.7 Å². The van der Waals surface area contributed by atoms with Crippen molar-refractivity contribution in [1.29, 1.82) is 0 Å². The van der Waals surface area contributed by atoms with Gasteiger partial charge < -0.3 is 30.1 Å². The van der Waals surface area contributed by atoms with Gasteiger partial charge in [-0.25, -0.2) is 4.79 Å². The fourth-order valence-electron chi connectivity index (χ4n) is 5.15. The van der Waals surface area contributed by atoms with Crippen LogP contribution in [0.3, 0.4) is 0 Å². The van der Waals surface area contributed by atoms with Crippen LogP contribution < -0.4 is 15.5 Å². The zero-order chi connectivity index (χ0) is 26.3. The number of hydrogen-bond acceptors (Lipinski definition) is 5. The van der Waals surface area contributed by atoms with Crippen LogP contribution in [0.4, 0.5) is 16.2 Å². The third-order valence-electron chi connectivity index (χ3n) is 7.23. The average Bonchev–Trinajstić information content (AvgIpc) is 3.18. The fraction of sp³-hybridized carbons (Fsp3) is 0.464. The molecule has 9 nitrogen and oxygen atoms in total. The maximum Gasteiger partial charge on any atom is 0.321 e. The molecule has 2 aromatic rings. The van der Waals surface area contributed by atoms with E-state index in [0.717, 1.165) is 29.8 Å². The smallest absolute Gasteiger partial charge is 0.321 e. The second kappa shape index (κ2) is 12.1. The summed E-state index contributed by atoms with van der Waals surface area (Å²) in [6, 6.07) is 17.5. The summed E-state index contributed by atoms with van der Waals surface area (Å²) in [5.41, 5.74) is 2.09. The van der Waals surface area contributed by atoms with Gasteiger partial charge in [-0.15, -0.1) is 0 Å². The van der Waals surface area contributed by atoms with Gasteiger partial charge in [-0.2, -0.15) is 0 Å². The Labute approximate surface area is 218 Å². The third-order valence-corrected chi connectivity index (χ3v) is 7.23. The number of carbonyl (C=O) groups excluding carboxylic acids is 3. The number of piperidine rings is 1. The lowest BCUT2D eigenvalue weighted by Gasteiger charge is -2.43. The van der Waals surface area contributed by atoms with Crippen molar-refractivity contribution in [1.82, 2.24) is 15.1 Å². The number of aryl methyl sites for hydroxylation is 1. The van der Waals surface area contributed by atoms with E-state index in [0.29, 0.717) is 45.8 Å². The van der Waals surface area contributed by atoms with Crippen LogP contribution in [0.1, 0.15) is 31.7 Å². The van der Waals surface area contributed by atoms with Crippen molar-refractivity contribution in [2.75, 3.05) is 56.8 Å². The third kappa shape index (κ3) is 6.05. The van der Waals surface area contributed by atoms with Gasteiger partial charge in [-0.05, 0) is 55.5 Å². The zero-order valence-electron chi connectivity index (χ0n) is 21.7. The molecule has 4 rings (SSSR count). The van der Waals surface area contributed by atoms with Gasteiger partial charge >= 0.3 is 6.03 Å². The van der Waals surface area contributed by atoms with Crippen molar-refractivity contribution in [3.8, 4) is 0 Å². The van der Waals surface area contributed by atoms with Crippen LogP contribution in [0.25, 0.3) is 0 Å². The highest BCUT2D eigenvalue weighted by molar-refractivity contribution is 5.97. The first-order valence-corrected chi connectivity index (χ1v) is 13.0. The van der Waals surface area contributed by atoms with Crippen LogP contribution >= 0.6 is 0 Å². The van der Waals surface area contributed by atoms with E-state index in [4.69, 9.17) is 4.74 Å². The number of methoxy groups -OCH3 is 1. The molecule has 0 saturated carbocycles. The largest absolute Gasteiger partial charge is 0.385 e. The van der Waals surface area contributed by atoms with Gasteiger partial charge in [0.05, 0.1) is 6.67 Å². The maximum atomic E-state index is 13.8. The first-order valence-electron chi connectivity index (χ1n) is 13.0. The van der Waals surface area contributed by atoms with E-state index >= 15 is 0 Å². The Hall–Kier alpha value is -3.59. The number of benzene rings is 2. The van der Waals surface area contributed by atoms with Crippen molar-refractivity contribution in [3.63, 3.8) is 0 Å².